The van der Waals surface area contributed by atoms with Crippen LogP contribution in [-0.4, -0.2) is 50.2 Å². The molecule has 8 nitrogen and oxygen atoms in total. The van der Waals surface area contributed by atoms with Gasteiger partial charge in [0.15, 0.2) is 0 Å². The summed E-state index contributed by atoms with van der Waals surface area (Å²) in [6.45, 7) is 1.44. The van der Waals surface area contributed by atoms with Crippen LogP contribution in [0.15, 0.2) is 12.1 Å². The zero-order chi connectivity index (χ0) is 28.5. The van der Waals surface area contributed by atoms with Crippen molar-refractivity contribution < 1.29 is 31.2 Å². The van der Waals surface area contributed by atoms with E-state index >= 15 is 0 Å². The molecule has 2 amide bonds. The van der Waals surface area contributed by atoms with Gasteiger partial charge in [-0.3, -0.25) is 13.9 Å². The molecule has 4 aliphatic carbocycles. The topological polar surface area (TPSA) is 113 Å². The zero-order valence-electron chi connectivity index (χ0n) is 21.3. The van der Waals surface area contributed by atoms with Crippen molar-refractivity contribution >= 4 is 50.9 Å². The van der Waals surface area contributed by atoms with Crippen molar-refractivity contribution in [3.63, 3.8) is 0 Å². The Kier molecular flexibility index (Phi) is 7.34. The maximum absolute atomic E-state index is 13.6. The highest BCUT2D eigenvalue weighted by atomic mass is 35.5. The van der Waals surface area contributed by atoms with Gasteiger partial charge in [-0.25, -0.2) is 0 Å². The predicted molar refractivity (Wildman–Crippen MR) is 140 cm³/mol. The first-order valence-corrected chi connectivity index (χ1v) is 15.2. The Morgan fingerprint density at radius 2 is 1.69 bits per heavy atom. The molecule has 4 saturated carbocycles. The molecule has 0 spiro atoms. The second-order valence-corrected chi connectivity index (χ2v) is 14.3. The monoisotopic (exact) mass is 610 g/mol. The largest absolute Gasteiger partial charge is 0.416 e. The van der Waals surface area contributed by atoms with Crippen molar-refractivity contribution in [2.75, 3.05) is 23.9 Å². The zero-order valence-corrected chi connectivity index (χ0v) is 23.6. The predicted octanol–water partition coefficient (Wildman–Crippen LogP) is 4.20. The Hall–Kier alpha value is -1.76. The second kappa shape index (κ2) is 9.95. The number of carbonyl (C=O) groups is 2. The van der Waals surface area contributed by atoms with Crippen molar-refractivity contribution in [2.24, 2.45) is 34.8 Å². The molecule has 216 valence electrons. The Morgan fingerprint density at radius 1 is 1.10 bits per heavy atom. The Balaban J connectivity index is 1.35. The number of rotatable bonds is 6. The Bertz CT molecular complexity index is 1260. The molecule has 1 aromatic rings. The highest BCUT2D eigenvalue weighted by Gasteiger charge is 2.58. The summed E-state index contributed by atoms with van der Waals surface area (Å²) in [5, 5.41) is 2.15. The van der Waals surface area contributed by atoms with Crippen LogP contribution in [0.5, 0.6) is 0 Å². The molecule has 3 unspecified atom stereocenters. The van der Waals surface area contributed by atoms with Gasteiger partial charge in [-0.1, -0.05) is 36.5 Å². The van der Waals surface area contributed by atoms with Gasteiger partial charge in [0.1, 0.15) is 0 Å². The van der Waals surface area contributed by atoms with Gasteiger partial charge in [-0.15, -0.1) is 0 Å². The van der Waals surface area contributed by atoms with Gasteiger partial charge in [0.25, 0.3) is 0 Å². The average Bonchev–Trinajstić information content (AvgIpc) is 2.82. The van der Waals surface area contributed by atoms with Gasteiger partial charge >= 0.3 is 16.4 Å². The minimum absolute atomic E-state index is 0.0366. The number of hydrogen-bond donors (Lipinski definition) is 2. The highest BCUT2D eigenvalue weighted by Crippen LogP contribution is 2.60. The molecule has 1 heterocycles. The number of carbonyl (C=O) groups excluding carboxylic acids is 2. The fourth-order valence-corrected chi connectivity index (χ4v) is 10.0. The van der Waals surface area contributed by atoms with Crippen LogP contribution in [0.1, 0.15) is 51.0 Å². The van der Waals surface area contributed by atoms with E-state index in [4.69, 9.17) is 28.9 Å². The van der Waals surface area contributed by atoms with E-state index in [1.54, 1.807) is 0 Å². The molecule has 1 aliphatic heterocycles. The number of primary amides is 1. The summed E-state index contributed by atoms with van der Waals surface area (Å²) in [5.74, 6) is -0.344. The fraction of sp³-hybridized carbons (Fsp3) is 0.680. The molecule has 3 N–H and O–H groups in total. The number of nitrogens with zero attached hydrogens (tertiary/aromatic N) is 2. The molecule has 1 aromatic carbocycles. The summed E-state index contributed by atoms with van der Waals surface area (Å²) < 4.78 is 68.9. The first-order chi connectivity index (χ1) is 18.1. The third-order valence-corrected chi connectivity index (χ3v) is 11.5. The molecular weight excluding hydrogens is 580 g/mol. The van der Waals surface area contributed by atoms with E-state index in [0.29, 0.717) is 37.3 Å². The molecule has 3 atom stereocenters. The quantitative estimate of drug-likeness (QED) is 0.502. The molecule has 0 radical (unpaired) electrons. The minimum atomic E-state index is -4.71. The van der Waals surface area contributed by atoms with Crippen molar-refractivity contribution in [3.8, 4) is 0 Å². The summed E-state index contributed by atoms with van der Waals surface area (Å²) in [6, 6.07) is 1.14. The van der Waals surface area contributed by atoms with E-state index in [1.165, 1.54) is 0 Å². The van der Waals surface area contributed by atoms with Crippen LogP contribution < -0.4 is 15.4 Å². The number of amides is 2. The van der Waals surface area contributed by atoms with E-state index in [0.717, 1.165) is 27.9 Å². The Labute approximate surface area is 235 Å². The van der Waals surface area contributed by atoms with Gasteiger partial charge in [0.05, 0.1) is 27.8 Å². The van der Waals surface area contributed by atoms with Crippen LogP contribution in [0.4, 0.5) is 18.9 Å². The first-order valence-electron chi connectivity index (χ1n) is 13.1. The number of anilines is 1. The van der Waals surface area contributed by atoms with Crippen LogP contribution in [0.2, 0.25) is 10.0 Å². The summed E-state index contributed by atoms with van der Waals surface area (Å²) in [5.41, 5.74) is 3.91. The van der Waals surface area contributed by atoms with E-state index in [-0.39, 0.29) is 48.5 Å². The van der Waals surface area contributed by atoms with Crippen molar-refractivity contribution in [2.45, 2.75) is 57.7 Å². The summed E-state index contributed by atoms with van der Waals surface area (Å²) >= 11 is 12.3. The summed E-state index contributed by atoms with van der Waals surface area (Å²) in [4.78, 5) is 25.4. The van der Waals surface area contributed by atoms with Crippen LogP contribution in [0.25, 0.3) is 0 Å². The van der Waals surface area contributed by atoms with Crippen molar-refractivity contribution in [1.82, 2.24) is 9.62 Å². The summed E-state index contributed by atoms with van der Waals surface area (Å²) in [6.07, 6.45) is -0.311. The number of nitrogens with two attached hydrogens (primary N) is 1. The average molecular weight is 612 g/mol. The first kappa shape index (κ1) is 28.8. The second-order valence-electron chi connectivity index (χ2n) is 11.6. The van der Waals surface area contributed by atoms with Crippen LogP contribution in [-0.2, 0) is 26.0 Å². The van der Waals surface area contributed by atoms with Gasteiger partial charge in [-0.2, -0.15) is 25.9 Å². The van der Waals surface area contributed by atoms with E-state index < -0.39 is 49.9 Å². The minimum Gasteiger partial charge on any atom is -0.369 e. The van der Waals surface area contributed by atoms with Crippen LogP contribution in [0.3, 0.4) is 0 Å². The molecule has 1 saturated heterocycles. The molecule has 4 bridgehead atoms. The standard InChI is InChI=1S/C25H31Cl2F3N4O4S/c1-2-13-10-33(39(37,38)34(11-13)22-18(26)5-17(6-19(22)27)25(28,29)30)12-20(35)32-21-15-3-14-4-16(21)9-24(7-14,8-15)23(31)36/h5-6,13-16,21H,2-4,7-12H2,1H3,(H2,31,36)(H,32,35). The number of nitrogens with one attached hydrogen (secondary N) is 1. The molecular formula is C25H31Cl2F3N4O4S. The molecule has 5 fully saturated rings. The number of benzene rings is 1. The van der Waals surface area contributed by atoms with Gasteiger partial charge in [0.2, 0.25) is 11.8 Å². The van der Waals surface area contributed by atoms with Gasteiger partial charge < -0.3 is 11.1 Å². The summed E-state index contributed by atoms with van der Waals surface area (Å²) in [7, 11) is -4.34. The lowest BCUT2D eigenvalue weighted by molar-refractivity contribution is -0.147. The normalized spacial score (nSPS) is 33.8. The maximum Gasteiger partial charge on any atom is 0.416 e. The van der Waals surface area contributed by atoms with E-state index in [2.05, 4.69) is 5.32 Å². The number of halogens is 5. The van der Waals surface area contributed by atoms with Crippen molar-refractivity contribution in [3.05, 3.63) is 27.7 Å². The lowest BCUT2D eigenvalue weighted by Gasteiger charge is -2.58. The van der Waals surface area contributed by atoms with Crippen LogP contribution in [0, 0.1) is 29.1 Å². The van der Waals surface area contributed by atoms with E-state index in [1.807, 2.05) is 6.92 Å². The smallest absolute Gasteiger partial charge is 0.369 e. The van der Waals surface area contributed by atoms with Gasteiger partial charge in [0, 0.05) is 24.5 Å². The third-order valence-electron chi connectivity index (χ3n) is 9.11. The molecule has 5 aliphatic rings. The van der Waals surface area contributed by atoms with E-state index in [9.17, 15) is 31.2 Å². The SMILES string of the molecule is CCC1CN(CC(=O)NC2C3CC4CC2CC(C(N)=O)(C4)C3)S(=O)(=O)N(c2c(Cl)cc(C(F)(F)F)cc2Cl)C1. The fourth-order valence-electron chi connectivity index (χ4n) is 7.44. The van der Waals surface area contributed by atoms with Gasteiger partial charge in [-0.05, 0) is 67.9 Å². The highest BCUT2D eigenvalue weighted by molar-refractivity contribution is 7.90. The molecule has 0 aromatic heterocycles. The molecule has 6 rings (SSSR count). The maximum atomic E-state index is 13.6. The number of hydrogen-bond acceptors (Lipinski definition) is 4. The molecule has 14 heteroatoms. The lowest BCUT2D eigenvalue weighted by atomic mass is 9.47. The Morgan fingerprint density at radius 3 is 2.21 bits per heavy atom. The number of alkyl halides is 3. The third kappa shape index (κ3) is 5.10. The van der Waals surface area contributed by atoms with Crippen molar-refractivity contribution in [1.29, 1.82) is 0 Å². The lowest BCUT2D eigenvalue weighted by Crippen LogP contribution is -2.63. The van der Waals surface area contributed by atoms with Crippen LogP contribution >= 0.6 is 23.2 Å². The molecule has 39 heavy (non-hydrogen) atoms.